The number of unbranched alkanes of at least 4 members (excludes halogenated alkanes) is 3. The lowest BCUT2D eigenvalue weighted by Gasteiger charge is -2.03. The van der Waals surface area contributed by atoms with Gasteiger partial charge in [-0.2, -0.15) is 0 Å². The van der Waals surface area contributed by atoms with Crippen LogP contribution in [0.5, 0.6) is 0 Å². The smallest absolute Gasteiger partial charge is 0.303 e. The number of hydrogen-bond donors (Lipinski definition) is 2. The Bertz CT molecular complexity index is 343. The molecule has 0 aliphatic heterocycles. The second kappa shape index (κ2) is 7.54. The molecule has 1 aromatic rings. The van der Waals surface area contributed by atoms with Gasteiger partial charge >= 0.3 is 5.97 Å². The predicted octanol–water partition coefficient (Wildman–Crippen LogP) is 2.06. The first kappa shape index (κ1) is 13.3. The molecule has 94 valence electrons. The zero-order valence-corrected chi connectivity index (χ0v) is 9.53. The maximum Gasteiger partial charge on any atom is 0.303 e. The zero-order valence-electron chi connectivity index (χ0n) is 9.53. The van der Waals surface area contributed by atoms with Gasteiger partial charge in [0.1, 0.15) is 0 Å². The molecule has 0 bridgehead atoms. The van der Waals surface area contributed by atoms with E-state index in [0.29, 0.717) is 18.9 Å². The molecule has 1 rings (SSSR count). The van der Waals surface area contributed by atoms with Gasteiger partial charge in [0.25, 0.3) is 0 Å². The Kier molecular flexibility index (Phi) is 5.92. The van der Waals surface area contributed by atoms with Gasteiger partial charge in [-0.25, -0.2) is 14.4 Å². The average Bonchev–Trinajstić information content (AvgIpc) is 2.30. The van der Waals surface area contributed by atoms with Crippen molar-refractivity contribution in [3.63, 3.8) is 0 Å². The number of aromatic nitrogens is 2. The number of nitrogens with one attached hydrogen (secondary N) is 1. The van der Waals surface area contributed by atoms with E-state index in [-0.39, 0.29) is 6.42 Å². The number of carboxylic acid groups (broad SMARTS) is 1. The van der Waals surface area contributed by atoms with Gasteiger partial charge in [0.2, 0.25) is 5.95 Å². The summed E-state index contributed by atoms with van der Waals surface area (Å²) in [5.41, 5.74) is 0. The van der Waals surface area contributed by atoms with Crippen LogP contribution in [0, 0.1) is 5.82 Å². The van der Waals surface area contributed by atoms with Crippen molar-refractivity contribution >= 4 is 11.9 Å². The van der Waals surface area contributed by atoms with Gasteiger partial charge in [0, 0.05) is 13.0 Å². The molecule has 6 heteroatoms. The molecular weight excluding hydrogens is 225 g/mol. The van der Waals surface area contributed by atoms with Crippen LogP contribution in [0.1, 0.15) is 32.1 Å². The fourth-order valence-corrected chi connectivity index (χ4v) is 1.36. The number of hydrogen-bond acceptors (Lipinski definition) is 4. The Balaban J connectivity index is 2.01. The molecule has 0 saturated carbocycles. The largest absolute Gasteiger partial charge is 0.481 e. The maximum absolute atomic E-state index is 12.5. The van der Waals surface area contributed by atoms with E-state index in [2.05, 4.69) is 15.3 Å². The van der Waals surface area contributed by atoms with E-state index in [0.717, 1.165) is 31.7 Å². The van der Waals surface area contributed by atoms with E-state index < -0.39 is 11.8 Å². The summed E-state index contributed by atoms with van der Waals surface area (Å²) in [4.78, 5) is 17.8. The third kappa shape index (κ3) is 6.44. The molecule has 0 aliphatic carbocycles. The molecule has 0 atom stereocenters. The number of carboxylic acids is 1. The van der Waals surface area contributed by atoms with Gasteiger partial charge in [0.15, 0.2) is 5.82 Å². The standard InChI is InChI=1S/C11H16FN3O2/c12-9-7-14-11(15-8-9)13-6-4-2-1-3-5-10(16)17/h7-8H,1-6H2,(H,16,17)(H,13,14,15). The summed E-state index contributed by atoms with van der Waals surface area (Å²) >= 11 is 0. The normalized spacial score (nSPS) is 10.2. The van der Waals surface area contributed by atoms with Crippen LogP contribution >= 0.6 is 0 Å². The highest BCUT2D eigenvalue weighted by Gasteiger charge is 1.98. The van der Waals surface area contributed by atoms with Crippen molar-refractivity contribution in [3.8, 4) is 0 Å². The lowest BCUT2D eigenvalue weighted by molar-refractivity contribution is -0.137. The first-order valence-electron chi connectivity index (χ1n) is 5.61. The molecular formula is C11H16FN3O2. The van der Waals surface area contributed by atoms with E-state index >= 15 is 0 Å². The zero-order chi connectivity index (χ0) is 12.5. The lowest BCUT2D eigenvalue weighted by atomic mass is 10.1. The summed E-state index contributed by atoms with van der Waals surface area (Å²) in [5, 5.41) is 11.4. The van der Waals surface area contributed by atoms with Gasteiger partial charge < -0.3 is 10.4 Å². The first-order chi connectivity index (χ1) is 8.18. The summed E-state index contributed by atoms with van der Waals surface area (Å²) < 4.78 is 12.5. The molecule has 0 amide bonds. The maximum atomic E-state index is 12.5. The van der Waals surface area contributed by atoms with Crippen molar-refractivity contribution < 1.29 is 14.3 Å². The van der Waals surface area contributed by atoms with Crippen molar-refractivity contribution in [3.05, 3.63) is 18.2 Å². The molecule has 0 spiro atoms. The third-order valence-corrected chi connectivity index (χ3v) is 2.22. The average molecular weight is 241 g/mol. The van der Waals surface area contributed by atoms with Crippen LogP contribution in [-0.2, 0) is 4.79 Å². The van der Waals surface area contributed by atoms with Crippen LogP contribution in [0.4, 0.5) is 10.3 Å². The Labute approximate surface area is 99.1 Å². The number of carbonyl (C=O) groups is 1. The molecule has 1 aromatic heterocycles. The van der Waals surface area contributed by atoms with Crippen LogP contribution in [0.3, 0.4) is 0 Å². The Morgan fingerprint density at radius 3 is 2.53 bits per heavy atom. The SMILES string of the molecule is O=C(O)CCCCCCNc1ncc(F)cn1. The van der Waals surface area contributed by atoms with Gasteiger partial charge in [-0.1, -0.05) is 12.8 Å². The molecule has 0 saturated heterocycles. The predicted molar refractivity (Wildman–Crippen MR) is 61.2 cm³/mol. The van der Waals surface area contributed by atoms with E-state index in [4.69, 9.17) is 5.11 Å². The van der Waals surface area contributed by atoms with Crippen LogP contribution < -0.4 is 5.32 Å². The summed E-state index contributed by atoms with van der Waals surface area (Å²) in [6.45, 7) is 0.707. The molecule has 0 aromatic carbocycles. The summed E-state index contributed by atoms with van der Waals surface area (Å²) in [5.74, 6) is -0.788. The number of anilines is 1. The minimum Gasteiger partial charge on any atom is -0.481 e. The van der Waals surface area contributed by atoms with E-state index in [1.807, 2.05) is 0 Å². The number of aliphatic carboxylic acids is 1. The highest BCUT2D eigenvalue weighted by atomic mass is 19.1. The molecule has 0 fully saturated rings. The minimum atomic E-state index is -0.747. The quantitative estimate of drug-likeness (QED) is 0.681. The van der Waals surface area contributed by atoms with Crippen molar-refractivity contribution in [2.24, 2.45) is 0 Å². The second-order valence-corrected chi connectivity index (χ2v) is 3.71. The molecule has 0 radical (unpaired) electrons. The fraction of sp³-hybridized carbons (Fsp3) is 0.545. The second-order valence-electron chi connectivity index (χ2n) is 3.71. The van der Waals surface area contributed by atoms with E-state index in [9.17, 15) is 9.18 Å². The van der Waals surface area contributed by atoms with Crippen molar-refractivity contribution in [2.45, 2.75) is 32.1 Å². The number of halogens is 1. The number of nitrogens with zero attached hydrogens (tertiary/aromatic N) is 2. The highest BCUT2D eigenvalue weighted by Crippen LogP contribution is 2.04. The lowest BCUT2D eigenvalue weighted by Crippen LogP contribution is -2.05. The molecule has 1 heterocycles. The Hall–Kier alpha value is -1.72. The summed E-state index contributed by atoms with van der Waals surface area (Å²) in [6.07, 6.45) is 5.95. The number of rotatable bonds is 8. The van der Waals surface area contributed by atoms with Gasteiger partial charge in [-0.15, -0.1) is 0 Å². The van der Waals surface area contributed by atoms with Crippen LogP contribution in [-0.4, -0.2) is 27.6 Å². The molecule has 2 N–H and O–H groups in total. The summed E-state index contributed by atoms with van der Waals surface area (Å²) in [6, 6.07) is 0. The molecule has 0 unspecified atom stereocenters. The van der Waals surface area contributed by atoms with Crippen LogP contribution in [0.15, 0.2) is 12.4 Å². The van der Waals surface area contributed by atoms with Gasteiger partial charge in [-0.3, -0.25) is 4.79 Å². The molecule has 0 aliphatic rings. The van der Waals surface area contributed by atoms with Crippen molar-refractivity contribution in [2.75, 3.05) is 11.9 Å². The monoisotopic (exact) mass is 241 g/mol. The van der Waals surface area contributed by atoms with E-state index in [1.54, 1.807) is 0 Å². The topological polar surface area (TPSA) is 75.1 Å². The van der Waals surface area contributed by atoms with Crippen LogP contribution in [0.2, 0.25) is 0 Å². The fourth-order valence-electron chi connectivity index (χ4n) is 1.36. The van der Waals surface area contributed by atoms with Gasteiger partial charge in [-0.05, 0) is 12.8 Å². The third-order valence-electron chi connectivity index (χ3n) is 2.22. The first-order valence-corrected chi connectivity index (χ1v) is 5.61. The molecule has 5 nitrogen and oxygen atoms in total. The van der Waals surface area contributed by atoms with E-state index in [1.165, 1.54) is 0 Å². The highest BCUT2D eigenvalue weighted by molar-refractivity contribution is 5.66. The summed E-state index contributed by atoms with van der Waals surface area (Å²) in [7, 11) is 0. The molecule has 17 heavy (non-hydrogen) atoms. The van der Waals surface area contributed by atoms with Gasteiger partial charge in [0.05, 0.1) is 12.4 Å². The minimum absolute atomic E-state index is 0.231. The Morgan fingerprint density at radius 2 is 1.88 bits per heavy atom. The van der Waals surface area contributed by atoms with Crippen molar-refractivity contribution in [1.29, 1.82) is 0 Å². The Morgan fingerprint density at radius 1 is 1.24 bits per heavy atom. The van der Waals surface area contributed by atoms with Crippen LogP contribution in [0.25, 0.3) is 0 Å². The van der Waals surface area contributed by atoms with Crippen molar-refractivity contribution in [1.82, 2.24) is 9.97 Å².